The first kappa shape index (κ1) is 20.5. The first-order valence-electron chi connectivity index (χ1n) is 10.6. The average Bonchev–Trinajstić information content (AvgIpc) is 3.50. The van der Waals surface area contributed by atoms with Crippen molar-refractivity contribution in [3.05, 3.63) is 54.5 Å². The number of aryl methyl sites for hydroxylation is 1. The average molecular weight is 448 g/mol. The second-order valence-corrected chi connectivity index (χ2v) is 9.35. The standard InChI is InChI=1S/C24H25N5O2S/c1-4-21(30)28-6-5-15(12-28)9-17-11-18(22-24(25)26-13-27-29(17)22)20-10-16-7-14(2)8-19(31-3)23(16)32-20/h4,7-8,10-11,13,15H,1,5-6,9,12H2,2-3H3,(H2,25,26,27)/t15-/m1/s1. The van der Waals surface area contributed by atoms with E-state index in [0.717, 1.165) is 69.0 Å². The Bertz CT molecular complexity index is 1360. The molecule has 164 valence electrons. The summed E-state index contributed by atoms with van der Waals surface area (Å²) in [6.45, 7) is 7.16. The number of anilines is 1. The number of likely N-dealkylation sites (tertiary alicyclic amines) is 1. The van der Waals surface area contributed by atoms with E-state index in [9.17, 15) is 4.79 Å². The van der Waals surface area contributed by atoms with Gasteiger partial charge in [-0.05, 0) is 60.9 Å². The number of nitrogens with two attached hydrogens (primary N) is 1. The molecule has 0 radical (unpaired) electrons. The molecule has 4 aromatic rings. The van der Waals surface area contributed by atoms with Gasteiger partial charge in [0, 0.05) is 29.2 Å². The summed E-state index contributed by atoms with van der Waals surface area (Å²) in [5.74, 6) is 1.69. The lowest BCUT2D eigenvalue weighted by molar-refractivity contribution is -0.125. The van der Waals surface area contributed by atoms with Crippen molar-refractivity contribution in [3.63, 3.8) is 0 Å². The van der Waals surface area contributed by atoms with Crippen LogP contribution in [0.25, 0.3) is 26.0 Å². The number of nitrogen functional groups attached to an aromatic ring is 1. The number of methoxy groups -OCH3 is 1. The van der Waals surface area contributed by atoms with Gasteiger partial charge in [0.15, 0.2) is 5.82 Å². The van der Waals surface area contributed by atoms with E-state index < -0.39 is 0 Å². The predicted molar refractivity (Wildman–Crippen MR) is 128 cm³/mol. The summed E-state index contributed by atoms with van der Waals surface area (Å²) in [7, 11) is 1.70. The highest BCUT2D eigenvalue weighted by atomic mass is 32.1. The first-order chi connectivity index (χ1) is 15.5. The number of thiophene rings is 1. The van der Waals surface area contributed by atoms with Crippen molar-refractivity contribution in [2.24, 2.45) is 5.92 Å². The SMILES string of the molecule is C=CC(=O)N1CC[C@H](Cc2cc(-c3cc4cc(C)cc(OC)c4s3)c3c(N)ncnn23)C1. The maximum absolute atomic E-state index is 12.0. The predicted octanol–water partition coefficient (Wildman–Crippen LogP) is 4.09. The molecule has 0 saturated carbocycles. The van der Waals surface area contributed by atoms with E-state index in [-0.39, 0.29) is 5.91 Å². The van der Waals surface area contributed by atoms with Gasteiger partial charge in [-0.25, -0.2) is 9.50 Å². The summed E-state index contributed by atoms with van der Waals surface area (Å²) in [5, 5.41) is 5.66. The van der Waals surface area contributed by atoms with Crippen molar-refractivity contribution in [3.8, 4) is 16.2 Å². The van der Waals surface area contributed by atoms with Crippen LogP contribution >= 0.6 is 11.3 Å². The fraction of sp³-hybridized carbons (Fsp3) is 0.292. The van der Waals surface area contributed by atoms with Gasteiger partial charge in [-0.15, -0.1) is 11.3 Å². The van der Waals surface area contributed by atoms with E-state index in [1.165, 1.54) is 12.4 Å². The maximum Gasteiger partial charge on any atom is 0.245 e. The molecule has 4 heterocycles. The van der Waals surface area contributed by atoms with E-state index >= 15 is 0 Å². The van der Waals surface area contributed by atoms with E-state index in [0.29, 0.717) is 11.7 Å². The van der Waals surface area contributed by atoms with Crippen LogP contribution in [0.1, 0.15) is 17.7 Å². The second kappa shape index (κ2) is 7.94. The normalized spacial score (nSPS) is 16.2. The van der Waals surface area contributed by atoms with E-state index in [2.05, 4.69) is 47.9 Å². The fourth-order valence-corrected chi connectivity index (χ4v) is 5.79. The number of nitrogens with zero attached hydrogens (tertiary/aromatic N) is 4. The largest absolute Gasteiger partial charge is 0.495 e. The molecule has 0 aliphatic carbocycles. The van der Waals surface area contributed by atoms with Gasteiger partial charge in [0.1, 0.15) is 17.6 Å². The summed E-state index contributed by atoms with van der Waals surface area (Å²) in [6, 6.07) is 8.57. The van der Waals surface area contributed by atoms with Gasteiger partial charge in [0.05, 0.1) is 11.8 Å². The van der Waals surface area contributed by atoms with Crippen LogP contribution in [0.2, 0.25) is 0 Å². The zero-order valence-electron chi connectivity index (χ0n) is 18.2. The van der Waals surface area contributed by atoms with Gasteiger partial charge in [0.2, 0.25) is 5.91 Å². The Morgan fingerprint density at radius 1 is 1.38 bits per heavy atom. The van der Waals surface area contributed by atoms with Crippen molar-refractivity contribution >= 4 is 38.7 Å². The molecule has 2 N–H and O–H groups in total. The van der Waals surface area contributed by atoms with Crippen LogP contribution in [-0.4, -0.2) is 45.6 Å². The topological polar surface area (TPSA) is 85.8 Å². The number of ether oxygens (including phenoxy) is 1. The van der Waals surface area contributed by atoms with E-state index in [1.807, 2.05) is 9.42 Å². The molecule has 0 spiro atoms. The summed E-state index contributed by atoms with van der Waals surface area (Å²) >= 11 is 1.68. The summed E-state index contributed by atoms with van der Waals surface area (Å²) in [4.78, 5) is 19.2. The van der Waals surface area contributed by atoms with Crippen LogP contribution in [0.4, 0.5) is 5.82 Å². The fourth-order valence-electron chi connectivity index (χ4n) is 4.64. The molecule has 3 aromatic heterocycles. The lowest BCUT2D eigenvalue weighted by atomic mass is 10.0. The zero-order chi connectivity index (χ0) is 22.4. The summed E-state index contributed by atoms with van der Waals surface area (Å²) in [5.41, 5.74) is 10.4. The van der Waals surface area contributed by atoms with Crippen molar-refractivity contribution in [2.45, 2.75) is 19.8 Å². The van der Waals surface area contributed by atoms with Crippen LogP contribution < -0.4 is 10.5 Å². The Balaban J connectivity index is 1.57. The number of fused-ring (bicyclic) bond motifs is 2. The molecule has 1 aromatic carbocycles. The third kappa shape index (κ3) is 3.40. The number of benzene rings is 1. The molecule has 1 aliphatic rings. The van der Waals surface area contributed by atoms with Gasteiger partial charge in [-0.2, -0.15) is 5.10 Å². The van der Waals surface area contributed by atoms with Gasteiger partial charge < -0.3 is 15.4 Å². The number of hydrogen-bond acceptors (Lipinski definition) is 6. The third-order valence-corrected chi connectivity index (χ3v) is 7.34. The zero-order valence-corrected chi connectivity index (χ0v) is 19.0. The quantitative estimate of drug-likeness (QED) is 0.466. The highest BCUT2D eigenvalue weighted by Gasteiger charge is 2.27. The van der Waals surface area contributed by atoms with Crippen LogP contribution in [0.15, 0.2) is 43.2 Å². The molecule has 7 nitrogen and oxygen atoms in total. The second-order valence-electron chi connectivity index (χ2n) is 8.30. The molecule has 1 aliphatic heterocycles. The minimum Gasteiger partial charge on any atom is -0.495 e. The molecular weight excluding hydrogens is 422 g/mol. The maximum atomic E-state index is 12.0. The molecule has 1 atom stereocenters. The Morgan fingerprint density at radius 3 is 3.00 bits per heavy atom. The van der Waals surface area contributed by atoms with E-state index in [4.69, 9.17) is 10.5 Å². The lowest BCUT2D eigenvalue weighted by Gasteiger charge is -2.14. The number of carbonyl (C=O) groups is 1. The number of carbonyl (C=O) groups excluding carboxylic acids is 1. The Hall–Kier alpha value is -3.39. The Labute approximate surface area is 190 Å². The minimum absolute atomic E-state index is 0.00529. The highest BCUT2D eigenvalue weighted by Crippen LogP contribution is 2.42. The van der Waals surface area contributed by atoms with Crippen LogP contribution in [-0.2, 0) is 11.2 Å². The van der Waals surface area contributed by atoms with Crippen LogP contribution in [0, 0.1) is 12.8 Å². The van der Waals surface area contributed by atoms with Crippen molar-refractivity contribution in [1.82, 2.24) is 19.5 Å². The number of amides is 1. The number of aromatic nitrogens is 3. The Morgan fingerprint density at radius 2 is 2.22 bits per heavy atom. The van der Waals surface area contributed by atoms with Crippen LogP contribution in [0.5, 0.6) is 5.75 Å². The third-order valence-electron chi connectivity index (χ3n) is 6.14. The smallest absolute Gasteiger partial charge is 0.245 e. The van der Waals surface area contributed by atoms with Crippen molar-refractivity contribution in [2.75, 3.05) is 25.9 Å². The van der Waals surface area contributed by atoms with Gasteiger partial charge in [-0.3, -0.25) is 4.79 Å². The molecule has 8 heteroatoms. The molecule has 32 heavy (non-hydrogen) atoms. The highest BCUT2D eigenvalue weighted by molar-refractivity contribution is 7.22. The molecule has 0 bridgehead atoms. The number of hydrogen-bond donors (Lipinski definition) is 1. The molecule has 1 amide bonds. The van der Waals surface area contributed by atoms with Crippen LogP contribution in [0.3, 0.4) is 0 Å². The van der Waals surface area contributed by atoms with Gasteiger partial charge in [0.25, 0.3) is 0 Å². The monoisotopic (exact) mass is 447 g/mol. The van der Waals surface area contributed by atoms with Crippen molar-refractivity contribution in [1.29, 1.82) is 0 Å². The van der Waals surface area contributed by atoms with Gasteiger partial charge >= 0.3 is 0 Å². The lowest BCUT2D eigenvalue weighted by Crippen LogP contribution is -2.27. The minimum atomic E-state index is -0.00529. The number of rotatable bonds is 5. The molecular formula is C24H25N5O2S. The summed E-state index contributed by atoms with van der Waals surface area (Å²) in [6.07, 6.45) is 4.65. The van der Waals surface area contributed by atoms with E-state index in [1.54, 1.807) is 18.4 Å². The molecule has 1 saturated heterocycles. The first-order valence-corrected chi connectivity index (χ1v) is 11.4. The van der Waals surface area contributed by atoms with Gasteiger partial charge in [-0.1, -0.05) is 12.6 Å². The summed E-state index contributed by atoms with van der Waals surface area (Å²) < 4.78 is 8.63. The Kier molecular flexibility index (Phi) is 5.09. The molecule has 5 rings (SSSR count). The molecule has 1 fully saturated rings. The van der Waals surface area contributed by atoms with Crippen molar-refractivity contribution < 1.29 is 9.53 Å². The molecule has 0 unspecified atom stereocenters.